The van der Waals surface area contributed by atoms with Gasteiger partial charge in [0, 0.05) is 18.1 Å². The van der Waals surface area contributed by atoms with Gasteiger partial charge in [0.2, 0.25) is 5.91 Å². The number of likely N-dealkylation sites (tertiary alicyclic amines) is 1. The first kappa shape index (κ1) is 18.7. The van der Waals surface area contributed by atoms with Crippen molar-refractivity contribution in [3.63, 3.8) is 0 Å². The third-order valence-corrected chi connectivity index (χ3v) is 4.83. The molecule has 2 aromatic carbocycles. The number of halogens is 1. The Kier molecular flexibility index (Phi) is 6.92. The maximum atomic E-state index is 12.4. The van der Waals surface area contributed by atoms with Crippen LogP contribution in [0.5, 0.6) is 5.75 Å². The summed E-state index contributed by atoms with van der Waals surface area (Å²) in [6.07, 6.45) is 2.01. The lowest BCUT2D eigenvalue weighted by Gasteiger charge is -2.32. The summed E-state index contributed by atoms with van der Waals surface area (Å²) in [5, 5.41) is 3.64. The third-order valence-electron chi connectivity index (χ3n) is 4.59. The Morgan fingerprint density at radius 1 is 1.19 bits per heavy atom. The number of piperidine rings is 1. The molecule has 0 aromatic heterocycles. The highest BCUT2D eigenvalue weighted by molar-refractivity contribution is 6.30. The van der Waals surface area contributed by atoms with Gasteiger partial charge < -0.3 is 10.1 Å². The Labute approximate surface area is 160 Å². The van der Waals surface area contributed by atoms with Crippen LogP contribution >= 0.6 is 11.6 Å². The van der Waals surface area contributed by atoms with Gasteiger partial charge in [-0.3, -0.25) is 9.69 Å². The number of carbonyl (C=O) groups excluding carboxylic acids is 1. The molecule has 0 radical (unpaired) electrons. The van der Waals surface area contributed by atoms with E-state index in [1.807, 2.05) is 18.2 Å². The average molecular weight is 373 g/mol. The number of amides is 1. The Morgan fingerprint density at radius 2 is 2.04 bits per heavy atom. The Morgan fingerprint density at radius 3 is 2.85 bits per heavy atom. The molecule has 1 amide bonds. The summed E-state index contributed by atoms with van der Waals surface area (Å²) in [6, 6.07) is 17.7. The molecule has 138 valence electrons. The van der Waals surface area contributed by atoms with Crippen molar-refractivity contribution < 1.29 is 9.53 Å². The van der Waals surface area contributed by atoms with Gasteiger partial charge in [0.25, 0.3) is 0 Å². The molecule has 1 aliphatic rings. The van der Waals surface area contributed by atoms with Crippen molar-refractivity contribution in [2.45, 2.75) is 19.4 Å². The number of hydrogen-bond donors (Lipinski definition) is 1. The van der Waals surface area contributed by atoms with Crippen molar-refractivity contribution in [3.05, 3.63) is 65.2 Å². The number of rotatable bonds is 7. The van der Waals surface area contributed by atoms with Crippen LogP contribution in [0.2, 0.25) is 5.02 Å². The first-order valence-electron chi connectivity index (χ1n) is 9.13. The van der Waals surface area contributed by atoms with Crippen molar-refractivity contribution in [1.29, 1.82) is 0 Å². The molecule has 0 bridgehead atoms. The molecule has 1 fully saturated rings. The van der Waals surface area contributed by atoms with E-state index in [1.165, 1.54) is 5.56 Å². The normalized spacial score (nSPS) is 17.7. The number of nitrogens with one attached hydrogen (secondary N) is 1. The number of hydrogen-bond acceptors (Lipinski definition) is 3. The summed E-state index contributed by atoms with van der Waals surface area (Å²) in [4.78, 5) is 14.8. The van der Waals surface area contributed by atoms with Gasteiger partial charge in [0.05, 0.1) is 12.5 Å². The van der Waals surface area contributed by atoms with Gasteiger partial charge >= 0.3 is 0 Å². The van der Waals surface area contributed by atoms with Crippen LogP contribution in [0.25, 0.3) is 0 Å². The largest absolute Gasteiger partial charge is 0.492 e. The minimum Gasteiger partial charge on any atom is -0.492 e. The molecule has 1 aliphatic heterocycles. The molecular weight excluding hydrogens is 348 g/mol. The van der Waals surface area contributed by atoms with E-state index in [1.54, 1.807) is 12.1 Å². The van der Waals surface area contributed by atoms with E-state index in [9.17, 15) is 4.79 Å². The molecule has 1 heterocycles. The van der Waals surface area contributed by atoms with E-state index < -0.39 is 0 Å². The molecule has 3 rings (SSSR count). The lowest BCUT2D eigenvalue weighted by molar-refractivity contribution is -0.126. The number of carbonyl (C=O) groups is 1. The van der Waals surface area contributed by atoms with E-state index in [-0.39, 0.29) is 11.8 Å². The van der Waals surface area contributed by atoms with Crippen LogP contribution in [0.15, 0.2) is 54.6 Å². The summed E-state index contributed by atoms with van der Waals surface area (Å²) in [5.74, 6) is 0.898. The fourth-order valence-corrected chi connectivity index (χ4v) is 3.48. The molecule has 4 nitrogen and oxygen atoms in total. The lowest BCUT2D eigenvalue weighted by Crippen LogP contribution is -2.43. The molecule has 5 heteroatoms. The van der Waals surface area contributed by atoms with E-state index >= 15 is 0 Å². The predicted octanol–water partition coefficient (Wildman–Crippen LogP) is 3.75. The Bertz CT molecular complexity index is 708. The summed E-state index contributed by atoms with van der Waals surface area (Å²) in [6.45, 7) is 3.71. The predicted molar refractivity (Wildman–Crippen MR) is 104 cm³/mol. The number of nitrogens with zero attached hydrogens (tertiary/aromatic N) is 1. The molecule has 0 saturated carbocycles. The molecule has 0 spiro atoms. The quantitative estimate of drug-likeness (QED) is 0.752. The van der Waals surface area contributed by atoms with Gasteiger partial charge in [-0.2, -0.15) is 0 Å². The van der Waals surface area contributed by atoms with E-state index in [4.69, 9.17) is 16.3 Å². The van der Waals surface area contributed by atoms with Crippen LogP contribution < -0.4 is 10.1 Å². The van der Waals surface area contributed by atoms with Crippen LogP contribution in [-0.2, 0) is 11.3 Å². The van der Waals surface area contributed by atoms with Crippen LogP contribution in [0.4, 0.5) is 0 Å². The van der Waals surface area contributed by atoms with E-state index in [2.05, 4.69) is 34.5 Å². The maximum absolute atomic E-state index is 12.4. The third kappa shape index (κ3) is 5.75. The first-order chi connectivity index (χ1) is 12.7. The molecule has 26 heavy (non-hydrogen) atoms. The Hall–Kier alpha value is -2.04. The number of benzene rings is 2. The molecule has 0 aliphatic carbocycles. The smallest absolute Gasteiger partial charge is 0.224 e. The lowest BCUT2D eigenvalue weighted by atomic mass is 9.96. The Balaban J connectivity index is 1.40. The van der Waals surface area contributed by atoms with Gasteiger partial charge in [-0.1, -0.05) is 48.0 Å². The van der Waals surface area contributed by atoms with Gasteiger partial charge in [0.15, 0.2) is 0 Å². The minimum absolute atomic E-state index is 0.0543. The van der Waals surface area contributed by atoms with Gasteiger partial charge in [-0.15, -0.1) is 0 Å². The van der Waals surface area contributed by atoms with Gasteiger partial charge in [0.1, 0.15) is 12.4 Å². The SMILES string of the molecule is O=C(NCCOc1cccc(Cl)c1)[C@@H]1CCCN(Cc2ccccc2)C1. The average Bonchev–Trinajstić information content (AvgIpc) is 2.66. The summed E-state index contributed by atoms with van der Waals surface area (Å²) in [5.41, 5.74) is 1.29. The summed E-state index contributed by atoms with van der Waals surface area (Å²) >= 11 is 5.93. The van der Waals surface area contributed by atoms with Crippen molar-refractivity contribution in [3.8, 4) is 5.75 Å². The van der Waals surface area contributed by atoms with Crippen molar-refractivity contribution >= 4 is 17.5 Å². The molecule has 1 atom stereocenters. The fraction of sp³-hybridized carbons (Fsp3) is 0.381. The zero-order valence-electron chi connectivity index (χ0n) is 14.9. The highest BCUT2D eigenvalue weighted by atomic mass is 35.5. The number of ether oxygens (including phenoxy) is 1. The summed E-state index contributed by atoms with van der Waals surface area (Å²) in [7, 11) is 0. The van der Waals surface area contributed by atoms with Crippen molar-refractivity contribution in [2.24, 2.45) is 5.92 Å². The van der Waals surface area contributed by atoms with Crippen LogP contribution in [0.1, 0.15) is 18.4 Å². The highest BCUT2D eigenvalue weighted by Gasteiger charge is 2.25. The molecule has 1 saturated heterocycles. The second-order valence-electron chi connectivity index (χ2n) is 6.66. The van der Waals surface area contributed by atoms with Crippen LogP contribution in [0.3, 0.4) is 0 Å². The van der Waals surface area contributed by atoms with Crippen molar-refractivity contribution in [1.82, 2.24) is 10.2 Å². The first-order valence-corrected chi connectivity index (χ1v) is 9.51. The maximum Gasteiger partial charge on any atom is 0.224 e. The summed E-state index contributed by atoms with van der Waals surface area (Å²) < 4.78 is 5.62. The molecule has 2 aromatic rings. The molecule has 1 N–H and O–H groups in total. The van der Waals surface area contributed by atoms with Gasteiger partial charge in [-0.05, 0) is 43.1 Å². The van der Waals surface area contributed by atoms with Crippen molar-refractivity contribution in [2.75, 3.05) is 26.2 Å². The van der Waals surface area contributed by atoms with E-state index in [0.717, 1.165) is 38.2 Å². The zero-order chi connectivity index (χ0) is 18.2. The molecule has 0 unspecified atom stereocenters. The highest BCUT2D eigenvalue weighted by Crippen LogP contribution is 2.19. The topological polar surface area (TPSA) is 41.6 Å². The second kappa shape index (κ2) is 9.60. The monoisotopic (exact) mass is 372 g/mol. The van der Waals surface area contributed by atoms with Crippen LogP contribution in [-0.4, -0.2) is 37.0 Å². The molecular formula is C21H25ClN2O2. The van der Waals surface area contributed by atoms with E-state index in [0.29, 0.717) is 18.2 Å². The zero-order valence-corrected chi connectivity index (χ0v) is 15.6. The second-order valence-corrected chi connectivity index (χ2v) is 7.09. The van der Waals surface area contributed by atoms with Crippen LogP contribution in [0, 0.1) is 5.92 Å². The van der Waals surface area contributed by atoms with Gasteiger partial charge in [-0.25, -0.2) is 0 Å². The fourth-order valence-electron chi connectivity index (χ4n) is 3.30. The minimum atomic E-state index is 0.0543. The standard InChI is InChI=1S/C21H25ClN2O2/c22-19-9-4-10-20(14-19)26-13-11-23-21(25)18-8-5-12-24(16-18)15-17-6-2-1-3-7-17/h1-4,6-7,9-10,14,18H,5,8,11-13,15-16H2,(H,23,25)/t18-/m1/s1.